The quantitative estimate of drug-likeness (QED) is 0.461. The maximum Gasteiger partial charge on any atom is -0.0132 e. The Bertz CT molecular complexity index is 192. The van der Waals surface area contributed by atoms with Crippen LogP contribution in [0, 0.1) is 0 Å². The summed E-state index contributed by atoms with van der Waals surface area (Å²) in [6, 6.07) is 0. The van der Waals surface area contributed by atoms with Gasteiger partial charge in [-0.2, -0.15) is 0 Å². The standard InChI is InChI=1S/C9H12/c1-7-4-5-8(2)9(3)6-7/h5-6H,3-4H2,1-2H3. The molecule has 9 heavy (non-hydrogen) atoms. The molecule has 0 unspecified atom stereocenters. The lowest BCUT2D eigenvalue weighted by atomic mass is 9.98. The highest BCUT2D eigenvalue weighted by Gasteiger charge is 1.99. The molecule has 1 rings (SSSR count). The SMILES string of the molecule is C=C1C=C(C)CC=C1C. The van der Waals surface area contributed by atoms with Crippen molar-refractivity contribution in [3.8, 4) is 0 Å². The molecule has 1 aliphatic carbocycles. The predicted octanol–water partition coefficient (Wildman–Crippen LogP) is 2.84. The van der Waals surface area contributed by atoms with Gasteiger partial charge < -0.3 is 0 Å². The van der Waals surface area contributed by atoms with Crippen molar-refractivity contribution in [2.24, 2.45) is 0 Å². The molecule has 0 saturated carbocycles. The van der Waals surface area contributed by atoms with Crippen LogP contribution in [0.15, 0.2) is 35.5 Å². The minimum Gasteiger partial charge on any atom is -0.0915 e. The fourth-order valence-corrected chi connectivity index (χ4v) is 0.915. The number of hydrogen-bond donors (Lipinski definition) is 0. The van der Waals surface area contributed by atoms with E-state index < -0.39 is 0 Å². The summed E-state index contributed by atoms with van der Waals surface area (Å²) in [7, 11) is 0. The molecule has 0 N–H and O–H groups in total. The van der Waals surface area contributed by atoms with Gasteiger partial charge in [-0.05, 0) is 31.4 Å². The third-order valence-electron chi connectivity index (χ3n) is 1.66. The molecule has 0 aromatic heterocycles. The molecule has 0 atom stereocenters. The van der Waals surface area contributed by atoms with Crippen LogP contribution in [0.2, 0.25) is 0 Å². The van der Waals surface area contributed by atoms with Crippen molar-refractivity contribution >= 4 is 0 Å². The van der Waals surface area contributed by atoms with Crippen molar-refractivity contribution in [3.63, 3.8) is 0 Å². The van der Waals surface area contributed by atoms with Crippen molar-refractivity contribution < 1.29 is 0 Å². The minimum absolute atomic E-state index is 1.10. The van der Waals surface area contributed by atoms with Crippen LogP contribution in [0.1, 0.15) is 20.3 Å². The summed E-state index contributed by atoms with van der Waals surface area (Å²) in [6.07, 6.45) is 5.47. The summed E-state index contributed by atoms with van der Waals surface area (Å²) in [5, 5.41) is 0. The summed E-state index contributed by atoms with van der Waals surface area (Å²) < 4.78 is 0. The molecule has 0 aliphatic heterocycles. The molecular formula is C9H12. The molecule has 0 amide bonds. The van der Waals surface area contributed by atoms with Crippen molar-refractivity contribution in [2.45, 2.75) is 20.3 Å². The van der Waals surface area contributed by atoms with E-state index in [4.69, 9.17) is 0 Å². The lowest BCUT2D eigenvalue weighted by Crippen LogP contribution is -1.88. The lowest BCUT2D eigenvalue weighted by Gasteiger charge is -2.08. The van der Waals surface area contributed by atoms with Gasteiger partial charge in [-0.25, -0.2) is 0 Å². The molecule has 0 radical (unpaired) electrons. The van der Waals surface area contributed by atoms with E-state index in [2.05, 4.69) is 32.6 Å². The van der Waals surface area contributed by atoms with Gasteiger partial charge in [-0.3, -0.25) is 0 Å². The van der Waals surface area contributed by atoms with Gasteiger partial charge in [-0.1, -0.05) is 24.3 Å². The largest absolute Gasteiger partial charge is 0.0915 e. The van der Waals surface area contributed by atoms with Gasteiger partial charge in [0.25, 0.3) is 0 Å². The van der Waals surface area contributed by atoms with Gasteiger partial charge in [0.05, 0.1) is 0 Å². The molecule has 0 aromatic carbocycles. The van der Waals surface area contributed by atoms with Gasteiger partial charge in [0, 0.05) is 0 Å². The Morgan fingerprint density at radius 2 is 2.11 bits per heavy atom. The van der Waals surface area contributed by atoms with Crippen LogP contribution in [0.3, 0.4) is 0 Å². The zero-order valence-corrected chi connectivity index (χ0v) is 6.07. The van der Waals surface area contributed by atoms with Gasteiger partial charge in [-0.15, -0.1) is 0 Å². The summed E-state index contributed by atoms with van der Waals surface area (Å²) in [6.45, 7) is 8.14. The van der Waals surface area contributed by atoms with Crippen LogP contribution in [0.4, 0.5) is 0 Å². The highest BCUT2D eigenvalue weighted by atomic mass is 14.0. The van der Waals surface area contributed by atoms with Crippen LogP contribution in [0.25, 0.3) is 0 Å². The van der Waals surface area contributed by atoms with Gasteiger partial charge >= 0.3 is 0 Å². The summed E-state index contributed by atoms with van der Waals surface area (Å²) in [4.78, 5) is 0. The van der Waals surface area contributed by atoms with Crippen molar-refractivity contribution in [3.05, 3.63) is 35.5 Å². The maximum absolute atomic E-state index is 3.90. The number of allylic oxidation sites excluding steroid dienone is 5. The van der Waals surface area contributed by atoms with Crippen LogP contribution >= 0.6 is 0 Å². The number of rotatable bonds is 0. The Hall–Kier alpha value is -0.780. The van der Waals surface area contributed by atoms with Crippen molar-refractivity contribution in [1.82, 2.24) is 0 Å². The monoisotopic (exact) mass is 120 g/mol. The first-order valence-electron chi connectivity index (χ1n) is 3.23. The summed E-state index contributed by atoms with van der Waals surface area (Å²) in [5.41, 5.74) is 3.89. The molecule has 0 bridgehead atoms. The van der Waals surface area contributed by atoms with Crippen LogP contribution in [0.5, 0.6) is 0 Å². The van der Waals surface area contributed by atoms with E-state index in [1.807, 2.05) is 0 Å². The second kappa shape index (κ2) is 2.22. The Balaban J connectivity index is 2.82. The molecule has 0 aromatic rings. The van der Waals surface area contributed by atoms with E-state index in [1.54, 1.807) is 0 Å². The second-order valence-electron chi connectivity index (χ2n) is 2.61. The molecule has 0 heterocycles. The van der Waals surface area contributed by atoms with Gasteiger partial charge in [0.2, 0.25) is 0 Å². The normalized spacial score (nSPS) is 19.1. The third kappa shape index (κ3) is 1.32. The van der Waals surface area contributed by atoms with E-state index in [0.717, 1.165) is 6.42 Å². The van der Waals surface area contributed by atoms with Gasteiger partial charge in [0.1, 0.15) is 0 Å². The molecule has 0 fully saturated rings. The van der Waals surface area contributed by atoms with E-state index in [-0.39, 0.29) is 0 Å². The minimum atomic E-state index is 1.10. The first-order chi connectivity index (χ1) is 4.20. The number of hydrogen-bond acceptors (Lipinski definition) is 0. The van der Waals surface area contributed by atoms with E-state index in [1.165, 1.54) is 16.7 Å². The predicted molar refractivity (Wildman–Crippen MR) is 41.3 cm³/mol. The molecule has 0 heteroatoms. The average Bonchev–Trinajstić information content (AvgIpc) is 1.80. The fourth-order valence-electron chi connectivity index (χ4n) is 0.915. The lowest BCUT2D eigenvalue weighted by molar-refractivity contribution is 1.14. The van der Waals surface area contributed by atoms with Crippen LogP contribution < -0.4 is 0 Å². The molecule has 0 saturated heterocycles. The third-order valence-corrected chi connectivity index (χ3v) is 1.66. The Morgan fingerprint density at radius 3 is 2.56 bits per heavy atom. The molecule has 0 spiro atoms. The first kappa shape index (κ1) is 6.34. The molecular weight excluding hydrogens is 108 g/mol. The van der Waals surface area contributed by atoms with Crippen LogP contribution in [-0.4, -0.2) is 0 Å². The summed E-state index contributed by atoms with van der Waals surface area (Å²) >= 11 is 0. The van der Waals surface area contributed by atoms with Gasteiger partial charge in [0.15, 0.2) is 0 Å². The van der Waals surface area contributed by atoms with E-state index >= 15 is 0 Å². The first-order valence-corrected chi connectivity index (χ1v) is 3.23. The fraction of sp³-hybridized carbons (Fsp3) is 0.333. The smallest absolute Gasteiger partial charge is 0.0132 e. The zero-order valence-electron chi connectivity index (χ0n) is 6.07. The molecule has 0 nitrogen and oxygen atoms in total. The molecule has 1 aliphatic rings. The zero-order chi connectivity index (χ0) is 6.85. The Kier molecular flexibility index (Phi) is 1.56. The molecule has 48 valence electrons. The second-order valence-corrected chi connectivity index (χ2v) is 2.61. The Labute approximate surface area is 56.6 Å². The topological polar surface area (TPSA) is 0 Å². The summed E-state index contributed by atoms with van der Waals surface area (Å²) in [5.74, 6) is 0. The Morgan fingerprint density at radius 1 is 1.44 bits per heavy atom. The van der Waals surface area contributed by atoms with Crippen molar-refractivity contribution in [2.75, 3.05) is 0 Å². The highest BCUT2D eigenvalue weighted by molar-refractivity contribution is 5.41. The van der Waals surface area contributed by atoms with E-state index in [0.29, 0.717) is 0 Å². The van der Waals surface area contributed by atoms with E-state index in [9.17, 15) is 0 Å². The highest BCUT2D eigenvalue weighted by Crippen LogP contribution is 2.19. The van der Waals surface area contributed by atoms with Crippen molar-refractivity contribution in [1.29, 1.82) is 0 Å². The average molecular weight is 120 g/mol. The van der Waals surface area contributed by atoms with Crippen LogP contribution in [-0.2, 0) is 0 Å². The maximum atomic E-state index is 3.90.